The van der Waals surface area contributed by atoms with Crippen LogP contribution >= 0.6 is 0 Å². The molecule has 0 atom stereocenters. The van der Waals surface area contributed by atoms with Crippen molar-refractivity contribution in [3.8, 4) is 0 Å². The van der Waals surface area contributed by atoms with Crippen molar-refractivity contribution >= 4 is 23.9 Å². The van der Waals surface area contributed by atoms with E-state index in [4.69, 9.17) is 37.9 Å². The first-order valence-electron chi connectivity index (χ1n) is 11.8. The van der Waals surface area contributed by atoms with E-state index in [2.05, 4.69) is 6.58 Å². The zero-order chi connectivity index (χ0) is 27.8. The van der Waals surface area contributed by atoms with Crippen molar-refractivity contribution < 1.29 is 57.1 Å². The molecule has 0 heterocycles. The lowest BCUT2D eigenvalue weighted by molar-refractivity contribution is -0.147. The van der Waals surface area contributed by atoms with Crippen LogP contribution < -0.4 is 0 Å². The normalized spacial score (nSPS) is 11.0. The van der Waals surface area contributed by atoms with Gasteiger partial charge in [0.15, 0.2) is 0 Å². The molecule has 0 aromatic heterocycles. The number of rotatable bonds is 24. The molecule has 3 radical (unpaired) electrons. The van der Waals surface area contributed by atoms with Crippen LogP contribution in [-0.2, 0) is 57.1 Å². The van der Waals surface area contributed by atoms with Gasteiger partial charge in [-0.05, 0) is 0 Å². The summed E-state index contributed by atoms with van der Waals surface area (Å²) in [4.78, 5) is 45.1. The van der Waals surface area contributed by atoms with Crippen LogP contribution in [0.5, 0.6) is 0 Å². The van der Waals surface area contributed by atoms with Crippen LogP contribution in [0.15, 0.2) is 12.7 Å². The lowest BCUT2D eigenvalue weighted by Gasteiger charge is -2.33. The van der Waals surface area contributed by atoms with Gasteiger partial charge in [0.2, 0.25) is 0 Å². The molecule has 0 saturated carbocycles. The second kappa shape index (κ2) is 22.6. The van der Waals surface area contributed by atoms with Gasteiger partial charge in [0.05, 0.1) is 77.5 Å². The van der Waals surface area contributed by atoms with Crippen LogP contribution in [-0.4, -0.2) is 103 Å². The van der Waals surface area contributed by atoms with Crippen molar-refractivity contribution in [3.05, 3.63) is 31.9 Å². The molecule has 0 amide bonds. The maximum absolute atomic E-state index is 11.3. The van der Waals surface area contributed by atoms with Crippen molar-refractivity contribution in [1.29, 1.82) is 0 Å². The molecule has 211 valence electrons. The summed E-state index contributed by atoms with van der Waals surface area (Å²) in [5.74, 6) is -1.95. The summed E-state index contributed by atoms with van der Waals surface area (Å²) >= 11 is 0. The van der Waals surface area contributed by atoms with E-state index in [1.165, 1.54) is 19.3 Å². The molecule has 37 heavy (non-hydrogen) atoms. The SMILES string of the molecule is C=CC(=O)OCCOCC(COCCOC(=O)[CH]C)(COCCOC(=O)[CH]C)COCCOC(=O)[CH]C. The molecule has 0 spiro atoms. The van der Waals surface area contributed by atoms with E-state index in [-0.39, 0.29) is 79.3 Å². The summed E-state index contributed by atoms with van der Waals surface area (Å²) < 4.78 is 42.7. The molecule has 12 nitrogen and oxygen atoms in total. The van der Waals surface area contributed by atoms with Crippen molar-refractivity contribution in [2.45, 2.75) is 20.8 Å². The Labute approximate surface area is 218 Å². The fourth-order valence-corrected chi connectivity index (χ4v) is 2.52. The quantitative estimate of drug-likeness (QED) is 0.0761. The summed E-state index contributed by atoms with van der Waals surface area (Å²) in [7, 11) is 0. The third-order valence-electron chi connectivity index (χ3n) is 4.39. The zero-order valence-corrected chi connectivity index (χ0v) is 21.9. The van der Waals surface area contributed by atoms with E-state index in [1.807, 2.05) is 0 Å². The van der Waals surface area contributed by atoms with Crippen molar-refractivity contribution in [2.24, 2.45) is 5.41 Å². The molecule has 0 unspecified atom stereocenters. The topological polar surface area (TPSA) is 142 Å². The first-order chi connectivity index (χ1) is 17.8. The van der Waals surface area contributed by atoms with E-state index >= 15 is 0 Å². The predicted octanol–water partition coefficient (Wildman–Crippen LogP) is 1.07. The summed E-state index contributed by atoms with van der Waals surface area (Å²) in [6.45, 7) is 9.01. The average molecular weight is 532 g/mol. The minimum atomic E-state index is -0.842. The van der Waals surface area contributed by atoms with E-state index in [0.29, 0.717) is 0 Å². The summed E-state index contributed by atoms with van der Waals surface area (Å²) in [6.07, 6.45) is 4.94. The first kappa shape index (κ1) is 34.5. The minimum Gasteiger partial charge on any atom is -0.463 e. The predicted molar refractivity (Wildman–Crippen MR) is 130 cm³/mol. The lowest BCUT2D eigenvalue weighted by atomic mass is 9.92. The molecule has 0 aliphatic carbocycles. The highest BCUT2D eigenvalue weighted by molar-refractivity contribution is 5.81. The van der Waals surface area contributed by atoms with Crippen LogP contribution in [0.4, 0.5) is 0 Å². The third-order valence-corrected chi connectivity index (χ3v) is 4.39. The maximum Gasteiger partial charge on any atom is 0.330 e. The molecule has 0 aliphatic rings. The molecule has 0 saturated heterocycles. The Hall–Kier alpha value is -2.54. The van der Waals surface area contributed by atoms with Crippen LogP contribution in [0.2, 0.25) is 0 Å². The molecule has 12 heteroatoms. The van der Waals surface area contributed by atoms with Gasteiger partial charge in [0.1, 0.15) is 26.4 Å². The molecule has 0 fully saturated rings. The lowest BCUT2D eigenvalue weighted by Crippen LogP contribution is -2.43. The van der Waals surface area contributed by atoms with E-state index in [1.54, 1.807) is 20.8 Å². The standard InChI is InChI=1S/C25H39O12/c1-5-21(26)34-13-9-30-17-25(18-31-10-14-35-22(27)6-2,19-32-11-15-36-23(28)7-3)20-33-12-16-37-24(29)8-4/h5-8H,1,9-20H2,2-4H3. The highest BCUT2D eigenvalue weighted by atomic mass is 16.6. The second-order valence-electron chi connectivity index (χ2n) is 7.45. The Bertz CT molecular complexity index is 599. The second-order valence-corrected chi connectivity index (χ2v) is 7.45. The van der Waals surface area contributed by atoms with E-state index < -0.39 is 29.3 Å². The van der Waals surface area contributed by atoms with Crippen LogP contribution in [0.25, 0.3) is 0 Å². The van der Waals surface area contributed by atoms with Gasteiger partial charge in [-0.1, -0.05) is 27.4 Å². The van der Waals surface area contributed by atoms with Crippen LogP contribution in [0, 0.1) is 24.7 Å². The molecular formula is C25H39O12. The Morgan fingerprint density at radius 3 is 1.03 bits per heavy atom. The van der Waals surface area contributed by atoms with Gasteiger partial charge in [-0.15, -0.1) is 0 Å². The van der Waals surface area contributed by atoms with Crippen LogP contribution in [0.3, 0.4) is 0 Å². The number of hydrogen-bond donors (Lipinski definition) is 0. The molecule has 0 aromatic rings. The largest absolute Gasteiger partial charge is 0.463 e. The number of ether oxygens (including phenoxy) is 8. The minimum absolute atomic E-state index is 0.0138. The zero-order valence-electron chi connectivity index (χ0n) is 21.9. The number of hydrogen-bond acceptors (Lipinski definition) is 12. The Morgan fingerprint density at radius 2 is 0.784 bits per heavy atom. The average Bonchev–Trinajstić information content (AvgIpc) is 2.91. The van der Waals surface area contributed by atoms with Gasteiger partial charge in [-0.3, -0.25) is 14.4 Å². The van der Waals surface area contributed by atoms with E-state index in [0.717, 1.165) is 6.08 Å². The van der Waals surface area contributed by atoms with Crippen LogP contribution in [0.1, 0.15) is 20.8 Å². The van der Waals surface area contributed by atoms with Crippen molar-refractivity contribution in [3.63, 3.8) is 0 Å². The van der Waals surface area contributed by atoms with Gasteiger partial charge >= 0.3 is 23.9 Å². The molecule has 0 bridgehead atoms. The molecule has 0 aromatic carbocycles. The summed E-state index contributed by atoms with van der Waals surface area (Å²) in [5, 5.41) is 0. The monoisotopic (exact) mass is 531 g/mol. The highest BCUT2D eigenvalue weighted by Gasteiger charge is 2.33. The van der Waals surface area contributed by atoms with E-state index in [9.17, 15) is 19.2 Å². The van der Waals surface area contributed by atoms with Crippen molar-refractivity contribution in [1.82, 2.24) is 0 Å². The van der Waals surface area contributed by atoms with Crippen molar-refractivity contribution in [2.75, 3.05) is 79.3 Å². The van der Waals surface area contributed by atoms with Gasteiger partial charge in [0.25, 0.3) is 0 Å². The fourth-order valence-electron chi connectivity index (χ4n) is 2.52. The van der Waals surface area contributed by atoms with Gasteiger partial charge < -0.3 is 37.9 Å². The molecule has 0 rings (SSSR count). The Morgan fingerprint density at radius 1 is 0.514 bits per heavy atom. The molecule has 0 aliphatic heterocycles. The third kappa shape index (κ3) is 19.3. The number of esters is 4. The van der Waals surface area contributed by atoms with Gasteiger partial charge in [-0.2, -0.15) is 0 Å². The molecular weight excluding hydrogens is 492 g/mol. The Balaban J connectivity index is 5.07. The van der Waals surface area contributed by atoms with Gasteiger partial charge in [0, 0.05) is 6.08 Å². The summed E-state index contributed by atoms with van der Waals surface area (Å²) in [5.41, 5.74) is -0.842. The maximum atomic E-state index is 11.3. The number of carbonyl (C=O) groups is 4. The Kier molecular flexibility index (Phi) is 21.1. The first-order valence-corrected chi connectivity index (χ1v) is 11.8. The summed E-state index contributed by atoms with van der Waals surface area (Å²) in [6, 6.07) is 0. The fraction of sp³-hybridized carbons (Fsp3) is 0.640. The number of carbonyl (C=O) groups excluding carboxylic acids is 4. The highest BCUT2D eigenvalue weighted by Crippen LogP contribution is 2.21. The molecule has 0 N–H and O–H groups in total. The van der Waals surface area contributed by atoms with Gasteiger partial charge in [-0.25, -0.2) is 4.79 Å². The smallest absolute Gasteiger partial charge is 0.330 e.